The van der Waals surface area contributed by atoms with Gasteiger partial charge in [-0.15, -0.1) is 0 Å². The molecule has 1 aromatic carbocycles. The van der Waals surface area contributed by atoms with Gasteiger partial charge in [0.1, 0.15) is 5.75 Å². The van der Waals surface area contributed by atoms with Gasteiger partial charge >= 0.3 is 6.18 Å². The second-order valence-electron chi connectivity index (χ2n) is 3.53. The number of benzene rings is 1. The van der Waals surface area contributed by atoms with E-state index >= 15 is 0 Å². The van der Waals surface area contributed by atoms with Crippen molar-refractivity contribution >= 4 is 23.6 Å². The van der Waals surface area contributed by atoms with Crippen LogP contribution >= 0.6 is 11.6 Å². The smallest absolute Gasteiger partial charge is 0.420 e. The molecule has 1 aromatic rings. The van der Waals surface area contributed by atoms with Crippen molar-refractivity contribution in [1.82, 2.24) is 4.90 Å². The zero-order chi connectivity index (χ0) is 13.2. The van der Waals surface area contributed by atoms with Crippen LogP contribution < -0.4 is 0 Å². The minimum absolute atomic E-state index is 0.0476. The maximum absolute atomic E-state index is 12.5. The van der Waals surface area contributed by atoms with Crippen LogP contribution in [-0.2, 0) is 6.18 Å². The second-order valence-corrected chi connectivity index (χ2v) is 3.93. The summed E-state index contributed by atoms with van der Waals surface area (Å²) in [5.74, 6) is -0.911. The molecule has 0 radical (unpaired) electrons. The lowest BCUT2D eigenvalue weighted by Crippen LogP contribution is -2.07. The van der Waals surface area contributed by atoms with Crippen LogP contribution in [0.4, 0.5) is 18.9 Å². The molecule has 0 saturated heterocycles. The van der Waals surface area contributed by atoms with Crippen molar-refractivity contribution in [1.29, 1.82) is 0 Å². The monoisotopic (exact) mass is 266 g/mol. The molecule has 17 heavy (non-hydrogen) atoms. The van der Waals surface area contributed by atoms with Gasteiger partial charge in [0, 0.05) is 20.2 Å². The second kappa shape index (κ2) is 4.83. The summed E-state index contributed by atoms with van der Waals surface area (Å²) in [6, 6.07) is 1.53. The van der Waals surface area contributed by atoms with Crippen molar-refractivity contribution < 1.29 is 18.3 Å². The molecule has 0 atom stereocenters. The zero-order valence-corrected chi connectivity index (χ0v) is 9.84. The maximum Gasteiger partial charge on any atom is 0.420 e. The predicted octanol–water partition coefficient (Wildman–Crippen LogP) is 3.29. The van der Waals surface area contributed by atoms with Crippen molar-refractivity contribution in [2.24, 2.45) is 4.99 Å². The Kier molecular flexibility index (Phi) is 3.87. The number of rotatable bonds is 2. The third kappa shape index (κ3) is 3.52. The number of alkyl halides is 3. The Morgan fingerprint density at radius 2 is 1.94 bits per heavy atom. The van der Waals surface area contributed by atoms with Gasteiger partial charge in [0.05, 0.1) is 22.6 Å². The van der Waals surface area contributed by atoms with Crippen molar-refractivity contribution in [3.05, 3.63) is 22.7 Å². The molecule has 3 nitrogen and oxygen atoms in total. The van der Waals surface area contributed by atoms with Gasteiger partial charge in [-0.1, -0.05) is 11.6 Å². The highest BCUT2D eigenvalue weighted by Crippen LogP contribution is 2.41. The van der Waals surface area contributed by atoms with Gasteiger partial charge in [0.15, 0.2) is 0 Å². The van der Waals surface area contributed by atoms with E-state index in [1.807, 2.05) is 0 Å². The normalized spacial score (nSPS) is 12.1. The summed E-state index contributed by atoms with van der Waals surface area (Å²) in [7, 11) is 3.34. The van der Waals surface area contributed by atoms with Crippen LogP contribution in [0.2, 0.25) is 5.02 Å². The van der Waals surface area contributed by atoms with Crippen LogP contribution in [0.1, 0.15) is 5.56 Å². The highest BCUT2D eigenvalue weighted by Gasteiger charge is 2.34. The van der Waals surface area contributed by atoms with Gasteiger partial charge in [-0.05, 0) is 6.07 Å². The number of hydrogen-bond donors (Lipinski definition) is 1. The fraction of sp³-hybridized carbons (Fsp3) is 0.300. The minimum Gasteiger partial charge on any atom is -0.507 e. The Morgan fingerprint density at radius 3 is 2.41 bits per heavy atom. The Bertz CT molecular complexity index is 444. The van der Waals surface area contributed by atoms with Gasteiger partial charge in [0.2, 0.25) is 0 Å². The average Bonchev–Trinajstić information content (AvgIpc) is 2.13. The average molecular weight is 267 g/mol. The Hall–Kier alpha value is -1.43. The molecule has 0 heterocycles. The first kappa shape index (κ1) is 13.6. The van der Waals surface area contributed by atoms with Crippen LogP contribution in [-0.4, -0.2) is 30.4 Å². The molecule has 1 rings (SSSR count). The Labute approximate surface area is 101 Å². The Balaban J connectivity index is 3.25. The number of phenolic OH excluding ortho intramolecular Hbond substituents is 1. The van der Waals surface area contributed by atoms with Crippen LogP contribution in [0.15, 0.2) is 17.1 Å². The van der Waals surface area contributed by atoms with Crippen LogP contribution in [0.3, 0.4) is 0 Å². The molecule has 0 bridgehead atoms. The van der Waals surface area contributed by atoms with E-state index < -0.39 is 17.5 Å². The number of nitrogens with zero attached hydrogens (tertiary/aromatic N) is 2. The lowest BCUT2D eigenvalue weighted by Gasteiger charge is -2.11. The summed E-state index contributed by atoms with van der Waals surface area (Å²) >= 11 is 5.68. The van der Waals surface area contributed by atoms with E-state index in [1.165, 1.54) is 6.34 Å². The third-order valence-corrected chi connectivity index (χ3v) is 2.10. The minimum atomic E-state index is -4.64. The van der Waals surface area contributed by atoms with E-state index in [0.29, 0.717) is 6.07 Å². The fourth-order valence-electron chi connectivity index (χ4n) is 1.05. The first-order valence-electron chi connectivity index (χ1n) is 4.52. The number of phenols is 1. The summed E-state index contributed by atoms with van der Waals surface area (Å²) in [5, 5.41) is 9.11. The van der Waals surface area contributed by atoms with Gasteiger partial charge in [-0.3, -0.25) is 0 Å². The summed E-state index contributed by atoms with van der Waals surface area (Å²) in [6.07, 6.45) is -3.32. The molecule has 0 aliphatic carbocycles. The van der Waals surface area contributed by atoms with Crippen molar-refractivity contribution in [3.63, 3.8) is 0 Å². The van der Waals surface area contributed by atoms with E-state index in [-0.39, 0.29) is 10.7 Å². The van der Waals surface area contributed by atoms with Gasteiger partial charge < -0.3 is 10.0 Å². The molecule has 0 amide bonds. The topological polar surface area (TPSA) is 35.8 Å². The molecule has 1 N–H and O–H groups in total. The molecule has 0 saturated carbocycles. The van der Waals surface area contributed by atoms with Gasteiger partial charge in [0.25, 0.3) is 0 Å². The van der Waals surface area contributed by atoms with Crippen LogP contribution in [0, 0.1) is 0 Å². The van der Waals surface area contributed by atoms with E-state index in [0.717, 1.165) is 6.07 Å². The van der Waals surface area contributed by atoms with Crippen LogP contribution in [0.5, 0.6) is 5.75 Å². The Morgan fingerprint density at radius 1 is 1.35 bits per heavy atom. The molecule has 0 aliphatic rings. The summed E-state index contributed by atoms with van der Waals surface area (Å²) < 4.78 is 37.5. The molecular formula is C10H10ClF3N2O. The van der Waals surface area contributed by atoms with Crippen LogP contribution in [0.25, 0.3) is 0 Å². The molecule has 0 aliphatic heterocycles. The SMILES string of the molecule is CN(C)C=Nc1cc(C(F)(F)F)c(O)cc1Cl. The standard InChI is InChI=1S/C10H10ClF3N2O/c1-16(2)5-15-8-3-6(10(12,13)14)9(17)4-7(8)11/h3-5,17H,1-2H3. The first-order valence-corrected chi connectivity index (χ1v) is 4.90. The molecular weight excluding hydrogens is 257 g/mol. The van der Waals surface area contributed by atoms with Gasteiger partial charge in [-0.25, -0.2) is 4.99 Å². The number of hydrogen-bond acceptors (Lipinski definition) is 2. The number of aliphatic imine (C=N–C) groups is 1. The van der Waals surface area contributed by atoms with E-state index in [4.69, 9.17) is 16.7 Å². The number of aromatic hydroxyl groups is 1. The van der Waals surface area contributed by atoms with Crippen molar-refractivity contribution in [3.8, 4) is 5.75 Å². The summed E-state index contributed by atoms with van der Waals surface area (Å²) in [4.78, 5) is 5.33. The largest absolute Gasteiger partial charge is 0.507 e. The highest BCUT2D eigenvalue weighted by atomic mass is 35.5. The summed E-state index contributed by atoms with van der Waals surface area (Å²) in [5.41, 5.74) is -1.21. The predicted molar refractivity (Wildman–Crippen MR) is 60.0 cm³/mol. The van der Waals surface area contributed by atoms with E-state index in [9.17, 15) is 13.2 Å². The zero-order valence-electron chi connectivity index (χ0n) is 9.09. The third-order valence-electron chi connectivity index (χ3n) is 1.80. The molecule has 0 unspecified atom stereocenters. The quantitative estimate of drug-likeness (QED) is 0.659. The molecule has 0 fully saturated rings. The number of halogens is 4. The maximum atomic E-state index is 12.5. The summed E-state index contributed by atoms with van der Waals surface area (Å²) in [6.45, 7) is 0. The first-order chi connectivity index (χ1) is 7.71. The van der Waals surface area contributed by atoms with Crippen molar-refractivity contribution in [2.75, 3.05) is 14.1 Å². The highest BCUT2D eigenvalue weighted by molar-refractivity contribution is 6.33. The lowest BCUT2D eigenvalue weighted by atomic mass is 10.1. The lowest BCUT2D eigenvalue weighted by molar-refractivity contribution is -0.138. The van der Waals surface area contributed by atoms with Crippen molar-refractivity contribution in [2.45, 2.75) is 6.18 Å². The molecule has 0 spiro atoms. The van der Waals surface area contributed by atoms with E-state index in [1.54, 1.807) is 19.0 Å². The fourth-order valence-corrected chi connectivity index (χ4v) is 1.26. The molecule has 7 heteroatoms. The molecule has 94 valence electrons. The van der Waals surface area contributed by atoms with E-state index in [2.05, 4.69) is 4.99 Å². The van der Waals surface area contributed by atoms with Gasteiger partial charge in [-0.2, -0.15) is 13.2 Å². The molecule has 0 aromatic heterocycles.